The molecule has 1 rings (SSSR count). The predicted molar refractivity (Wildman–Crippen MR) is 105 cm³/mol. The molecular formula is C19H33ClN2O3. The van der Waals surface area contributed by atoms with Crippen LogP contribution in [0.2, 0.25) is 0 Å². The van der Waals surface area contributed by atoms with Gasteiger partial charge in [-0.1, -0.05) is 31.9 Å². The standard InChI is InChI=1S/C19H32N2O3.ClH/c1-6-7-8-12-20-13-15-10-9-11-16(23-5)18(15)24-14-17(22)21-19(2,3)4;/h9-11,20H,6-8,12-14H2,1-5H3,(H,21,22);1H. The van der Waals surface area contributed by atoms with Crippen LogP contribution in [0.1, 0.15) is 52.5 Å². The molecule has 0 saturated heterocycles. The van der Waals surface area contributed by atoms with E-state index >= 15 is 0 Å². The molecule has 6 heteroatoms. The highest BCUT2D eigenvalue weighted by molar-refractivity contribution is 5.85. The molecule has 0 saturated carbocycles. The summed E-state index contributed by atoms with van der Waals surface area (Å²) in [4.78, 5) is 12.0. The van der Waals surface area contributed by atoms with Gasteiger partial charge in [-0.2, -0.15) is 0 Å². The number of benzene rings is 1. The monoisotopic (exact) mass is 372 g/mol. The van der Waals surface area contributed by atoms with Gasteiger partial charge in [0.2, 0.25) is 0 Å². The molecule has 0 aliphatic heterocycles. The van der Waals surface area contributed by atoms with Crippen molar-refractivity contribution in [2.75, 3.05) is 20.3 Å². The molecule has 0 bridgehead atoms. The second-order valence-electron chi connectivity index (χ2n) is 6.92. The lowest BCUT2D eigenvalue weighted by Crippen LogP contribution is -2.43. The van der Waals surface area contributed by atoms with Crippen LogP contribution in [-0.2, 0) is 11.3 Å². The van der Waals surface area contributed by atoms with Gasteiger partial charge in [-0.05, 0) is 39.8 Å². The molecule has 0 aliphatic rings. The summed E-state index contributed by atoms with van der Waals surface area (Å²) in [6.07, 6.45) is 3.59. The van der Waals surface area contributed by atoms with Crippen LogP contribution in [0.15, 0.2) is 18.2 Å². The quantitative estimate of drug-likeness (QED) is 0.615. The zero-order valence-electron chi connectivity index (χ0n) is 16.1. The van der Waals surface area contributed by atoms with Gasteiger partial charge in [-0.15, -0.1) is 12.4 Å². The lowest BCUT2D eigenvalue weighted by atomic mass is 10.1. The zero-order valence-corrected chi connectivity index (χ0v) is 16.9. The summed E-state index contributed by atoms with van der Waals surface area (Å²) in [5.41, 5.74) is 0.722. The summed E-state index contributed by atoms with van der Waals surface area (Å²) in [6, 6.07) is 5.77. The Balaban J connectivity index is 0.00000576. The Morgan fingerprint density at radius 2 is 1.92 bits per heavy atom. The smallest absolute Gasteiger partial charge is 0.258 e. The fraction of sp³-hybridized carbons (Fsp3) is 0.632. The first-order valence-corrected chi connectivity index (χ1v) is 8.67. The molecule has 0 aromatic heterocycles. The van der Waals surface area contributed by atoms with E-state index < -0.39 is 0 Å². The van der Waals surface area contributed by atoms with Gasteiger partial charge in [-0.3, -0.25) is 4.79 Å². The van der Waals surface area contributed by atoms with Crippen LogP contribution in [0.5, 0.6) is 11.5 Å². The molecule has 144 valence electrons. The molecule has 2 N–H and O–H groups in total. The number of ether oxygens (including phenoxy) is 2. The molecule has 0 unspecified atom stereocenters. The van der Waals surface area contributed by atoms with Gasteiger partial charge in [0.15, 0.2) is 18.1 Å². The first kappa shape index (κ1) is 23.5. The minimum absolute atomic E-state index is 0. The first-order valence-electron chi connectivity index (χ1n) is 8.67. The lowest BCUT2D eigenvalue weighted by molar-refractivity contribution is -0.124. The molecule has 0 atom stereocenters. The number of carbonyl (C=O) groups is 1. The average molecular weight is 373 g/mol. The Morgan fingerprint density at radius 1 is 1.20 bits per heavy atom. The molecule has 0 aliphatic carbocycles. The van der Waals surface area contributed by atoms with Crippen LogP contribution in [0.4, 0.5) is 0 Å². The highest BCUT2D eigenvalue weighted by Crippen LogP contribution is 2.31. The van der Waals surface area contributed by atoms with Crippen LogP contribution >= 0.6 is 12.4 Å². The van der Waals surface area contributed by atoms with Gasteiger partial charge in [0.1, 0.15) is 0 Å². The number of amides is 1. The summed E-state index contributed by atoms with van der Waals surface area (Å²) < 4.78 is 11.1. The second-order valence-corrected chi connectivity index (χ2v) is 6.92. The maximum absolute atomic E-state index is 12.0. The van der Waals surface area contributed by atoms with E-state index in [1.165, 1.54) is 12.8 Å². The van der Waals surface area contributed by atoms with Crippen molar-refractivity contribution in [3.05, 3.63) is 23.8 Å². The maximum atomic E-state index is 12.0. The number of carbonyl (C=O) groups excluding carboxylic acids is 1. The molecular weight excluding hydrogens is 340 g/mol. The van der Waals surface area contributed by atoms with E-state index in [9.17, 15) is 4.79 Å². The van der Waals surface area contributed by atoms with E-state index in [-0.39, 0.29) is 30.5 Å². The maximum Gasteiger partial charge on any atom is 0.258 e. The number of methoxy groups -OCH3 is 1. The number of halogens is 1. The molecule has 5 nitrogen and oxygen atoms in total. The molecule has 1 aromatic rings. The number of rotatable bonds is 10. The van der Waals surface area contributed by atoms with E-state index in [1.54, 1.807) is 7.11 Å². The van der Waals surface area contributed by atoms with Crippen molar-refractivity contribution in [2.24, 2.45) is 0 Å². The van der Waals surface area contributed by atoms with E-state index in [2.05, 4.69) is 17.6 Å². The van der Waals surface area contributed by atoms with Crippen molar-refractivity contribution < 1.29 is 14.3 Å². The number of nitrogens with one attached hydrogen (secondary N) is 2. The van der Waals surface area contributed by atoms with Crippen LogP contribution in [0.3, 0.4) is 0 Å². The molecule has 0 radical (unpaired) electrons. The Labute approximate surface area is 158 Å². The third-order valence-corrected chi connectivity index (χ3v) is 3.41. The first-order chi connectivity index (χ1) is 11.4. The predicted octanol–water partition coefficient (Wildman–Crippen LogP) is 3.69. The van der Waals surface area contributed by atoms with Gasteiger partial charge in [0.05, 0.1) is 7.11 Å². The van der Waals surface area contributed by atoms with E-state index in [1.807, 2.05) is 39.0 Å². The fourth-order valence-electron chi connectivity index (χ4n) is 2.34. The third kappa shape index (κ3) is 9.56. The Bertz CT molecular complexity index is 516. The van der Waals surface area contributed by atoms with Gasteiger partial charge in [0.25, 0.3) is 5.91 Å². The van der Waals surface area contributed by atoms with Crippen molar-refractivity contribution in [2.45, 2.75) is 59.0 Å². The molecule has 0 spiro atoms. The zero-order chi connectivity index (χ0) is 18.0. The third-order valence-electron chi connectivity index (χ3n) is 3.41. The van der Waals surface area contributed by atoms with Crippen molar-refractivity contribution in [3.63, 3.8) is 0 Å². The molecule has 0 heterocycles. The Hall–Kier alpha value is -1.46. The molecule has 0 fully saturated rings. The Kier molecular flexibility index (Phi) is 11.3. The highest BCUT2D eigenvalue weighted by Gasteiger charge is 2.16. The SMILES string of the molecule is CCCCCNCc1cccc(OC)c1OCC(=O)NC(C)(C)C.Cl. The molecule has 1 aromatic carbocycles. The minimum atomic E-state index is -0.273. The van der Waals surface area contributed by atoms with Gasteiger partial charge in [-0.25, -0.2) is 0 Å². The van der Waals surface area contributed by atoms with Crippen molar-refractivity contribution in [1.29, 1.82) is 0 Å². The van der Waals surface area contributed by atoms with Crippen LogP contribution < -0.4 is 20.1 Å². The number of hydrogen-bond donors (Lipinski definition) is 2. The van der Waals surface area contributed by atoms with Crippen molar-refractivity contribution in [1.82, 2.24) is 10.6 Å². The number of hydrogen-bond acceptors (Lipinski definition) is 4. The van der Waals surface area contributed by atoms with E-state index in [0.717, 1.165) is 18.5 Å². The fourth-order valence-corrected chi connectivity index (χ4v) is 2.34. The summed E-state index contributed by atoms with van der Waals surface area (Å²) in [5, 5.41) is 6.31. The van der Waals surface area contributed by atoms with Crippen LogP contribution in [0, 0.1) is 0 Å². The average Bonchev–Trinajstić information content (AvgIpc) is 2.51. The summed E-state index contributed by atoms with van der Waals surface area (Å²) in [7, 11) is 1.61. The molecule has 25 heavy (non-hydrogen) atoms. The van der Waals surface area contributed by atoms with Crippen LogP contribution in [0.25, 0.3) is 0 Å². The van der Waals surface area contributed by atoms with Crippen molar-refractivity contribution >= 4 is 18.3 Å². The highest BCUT2D eigenvalue weighted by atomic mass is 35.5. The Morgan fingerprint density at radius 3 is 2.52 bits per heavy atom. The van der Waals surface area contributed by atoms with Gasteiger partial charge < -0.3 is 20.1 Å². The van der Waals surface area contributed by atoms with E-state index in [4.69, 9.17) is 9.47 Å². The summed E-state index contributed by atoms with van der Waals surface area (Å²) in [6.45, 7) is 9.65. The van der Waals surface area contributed by atoms with Crippen molar-refractivity contribution in [3.8, 4) is 11.5 Å². The number of unbranched alkanes of at least 4 members (excludes halogenated alkanes) is 2. The second kappa shape index (κ2) is 12.0. The number of para-hydroxylation sites is 1. The summed E-state index contributed by atoms with van der Waals surface area (Å²) in [5.74, 6) is 1.13. The van der Waals surface area contributed by atoms with Gasteiger partial charge in [0, 0.05) is 17.6 Å². The molecule has 1 amide bonds. The largest absolute Gasteiger partial charge is 0.493 e. The summed E-state index contributed by atoms with van der Waals surface area (Å²) >= 11 is 0. The topological polar surface area (TPSA) is 59.6 Å². The van der Waals surface area contributed by atoms with E-state index in [0.29, 0.717) is 18.0 Å². The van der Waals surface area contributed by atoms with Crippen LogP contribution in [-0.4, -0.2) is 31.7 Å². The van der Waals surface area contributed by atoms with Gasteiger partial charge >= 0.3 is 0 Å². The minimum Gasteiger partial charge on any atom is -0.493 e. The lowest BCUT2D eigenvalue weighted by Gasteiger charge is -2.21. The normalized spacial score (nSPS) is 10.8.